The first-order valence-electron chi connectivity index (χ1n) is 5.56. The van der Waals surface area contributed by atoms with Gasteiger partial charge in [-0.25, -0.2) is 0 Å². The molecule has 0 spiro atoms. The predicted octanol–water partition coefficient (Wildman–Crippen LogP) is 3.70. The Bertz CT molecular complexity index is 302. The summed E-state index contributed by atoms with van der Waals surface area (Å²) >= 11 is 1.37. The van der Waals surface area contributed by atoms with Crippen LogP contribution in [0.2, 0.25) is 11.6 Å². The Balaban J connectivity index is 2.83. The minimum absolute atomic E-state index is 0.504. The fraction of sp³-hybridized carbons (Fsp3) is 0.429. The van der Waals surface area contributed by atoms with Gasteiger partial charge in [-0.1, -0.05) is 0 Å². The molecule has 0 heterocycles. The summed E-state index contributed by atoms with van der Waals surface area (Å²) in [5, 5.41) is 0. The molecule has 0 saturated carbocycles. The van der Waals surface area contributed by atoms with Gasteiger partial charge < -0.3 is 0 Å². The Labute approximate surface area is 112 Å². The summed E-state index contributed by atoms with van der Waals surface area (Å²) in [6.07, 6.45) is 5.81. The molecule has 0 aliphatic carbocycles. The second kappa shape index (κ2) is 7.35. The van der Waals surface area contributed by atoms with Crippen LogP contribution < -0.4 is 0 Å². The molecule has 0 saturated heterocycles. The SMILES string of the molecule is C=CCCCC([Se]C)([Se]C)c1ccccc1. The molecule has 0 atom stereocenters. The quantitative estimate of drug-likeness (QED) is 0.401. The number of rotatable bonds is 7. The summed E-state index contributed by atoms with van der Waals surface area (Å²) in [4.78, 5) is 0. The van der Waals surface area contributed by atoms with E-state index < -0.39 is 0 Å². The van der Waals surface area contributed by atoms with Crippen molar-refractivity contribution in [3.05, 3.63) is 48.6 Å². The molecule has 1 rings (SSSR count). The second-order valence-corrected chi connectivity index (χ2v) is 9.66. The molecule has 0 nitrogen and oxygen atoms in total. The Morgan fingerprint density at radius 1 is 1.19 bits per heavy atom. The molecule has 0 amide bonds. The first kappa shape index (κ1) is 14.1. The molecule has 88 valence electrons. The maximum absolute atomic E-state index is 3.81. The predicted molar refractivity (Wildman–Crippen MR) is 75.4 cm³/mol. The van der Waals surface area contributed by atoms with Crippen LogP contribution >= 0.6 is 0 Å². The molecule has 0 aromatic heterocycles. The molecule has 0 aliphatic rings. The topological polar surface area (TPSA) is 0 Å². The number of hydrogen-bond donors (Lipinski definition) is 0. The van der Waals surface area contributed by atoms with Crippen molar-refractivity contribution in [3.8, 4) is 0 Å². The van der Waals surface area contributed by atoms with Crippen LogP contribution in [0.3, 0.4) is 0 Å². The van der Waals surface area contributed by atoms with E-state index in [0.717, 1.165) is 6.42 Å². The van der Waals surface area contributed by atoms with Crippen molar-refractivity contribution < 1.29 is 0 Å². The van der Waals surface area contributed by atoms with Crippen molar-refractivity contribution in [2.24, 2.45) is 0 Å². The normalized spacial score (nSPS) is 11.4. The van der Waals surface area contributed by atoms with E-state index in [-0.39, 0.29) is 0 Å². The van der Waals surface area contributed by atoms with Crippen molar-refractivity contribution in [2.45, 2.75) is 34.1 Å². The molecule has 2 heteroatoms. The zero-order valence-electron chi connectivity index (χ0n) is 10.1. The first-order valence-corrected chi connectivity index (χ1v) is 10.7. The third-order valence-corrected chi connectivity index (χ3v) is 11.0. The van der Waals surface area contributed by atoms with Crippen molar-refractivity contribution in [3.63, 3.8) is 0 Å². The molecule has 0 radical (unpaired) electrons. The summed E-state index contributed by atoms with van der Waals surface area (Å²) in [6, 6.07) is 11.1. The van der Waals surface area contributed by atoms with E-state index >= 15 is 0 Å². The molecule has 0 fully saturated rings. The molecule has 0 N–H and O–H groups in total. The summed E-state index contributed by atoms with van der Waals surface area (Å²) < 4.78 is 0.504. The first-order chi connectivity index (χ1) is 7.79. The summed E-state index contributed by atoms with van der Waals surface area (Å²) in [5.41, 5.74) is 1.56. The Kier molecular flexibility index (Phi) is 6.46. The van der Waals surface area contributed by atoms with Crippen LogP contribution in [0.5, 0.6) is 0 Å². The minimum atomic E-state index is 0.504. The van der Waals surface area contributed by atoms with Gasteiger partial charge in [0.1, 0.15) is 0 Å². The standard InChI is InChI=1S/C14H20Se2/c1-4-5-9-12-14(15-2,16-3)13-10-7-6-8-11-13/h4,6-8,10-11H,1,5,9,12H2,2-3H3. The molecule has 0 unspecified atom stereocenters. The van der Waals surface area contributed by atoms with Crippen LogP contribution in [-0.2, 0) is 3.21 Å². The molecular formula is C14H20Se2. The van der Waals surface area contributed by atoms with Crippen LogP contribution in [-0.4, -0.2) is 29.9 Å². The van der Waals surface area contributed by atoms with Gasteiger partial charge in [-0.05, 0) is 0 Å². The number of benzene rings is 1. The van der Waals surface area contributed by atoms with Gasteiger partial charge in [0.2, 0.25) is 0 Å². The third-order valence-electron chi connectivity index (χ3n) is 2.79. The van der Waals surface area contributed by atoms with Crippen molar-refractivity contribution in [1.29, 1.82) is 0 Å². The summed E-state index contributed by atoms with van der Waals surface area (Å²) in [7, 11) is 0. The van der Waals surface area contributed by atoms with Gasteiger partial charge in [-0.3, -0.25) is 0 Å². The average molecular weight is 346 g/mol. The average Bonchev–Trinajstić information content (AvgIpc) is 2.36. The van der Waals surface area contributed by atoms with Gasteiger partial charge in [-0.2, -0.15) is 0 Å². The molecule has 1 aromatic rings. The van der Waals surface area contributed by atoms with E-state index in [1.165, 1.54) is 12.8 Å². The number of allylic oxidation sites excluding steroid dienone is 1. The van der Waals surface area contributed by atoms with E-state index in [0.29, 0.717) is 33.1 Å². The van der Waals surface area contributed by atoms with Gasteiger partial charge in [0.05, 0.1) is 0 Å². The molecule has 1 aromatic carbocycles. The molecule has 0 aliphatic heterocycles. The number of hydrogen-bond acceptors (Lipinski definition) is 0. The number of unbranched alkanes of at least 4 members (excludes halogenated alkanes) is 1. The maximum atomic E-state index is 3.81. The van der Waals surface area contributed by atoms with Gasteiger partial charge >= 0.3 is 113 Å². The second-order valence-electron chi connectivity index (χ2n) is 3.71. The Hall–Kier alpha value is -0.00104. The monoisotopic (exact) mass is 348 g/mol. The van der Waals surface area contributed by atoms with E-state index in [4.69, 9.17) is 0 Å². The van der Waals surface area contributed by atoms with Gasteiger partial charge in [-0.15, -0.1) is 0 Å². The summed E-state index contributed by atoms with van der Waals surface area (Å²) in [5.74, 6) is 4.78. The third kappa shape index (κ3) is 3.50. The van der Waals surface area contributed by atoms with Crippen LogP contribution in [0.15, 0.2) is 43.0 Å². The van der Waals surface area contributed by atoms with Crippen LogP contribution in [0.1, 0.15) is 24.8 Å². The zero-order valence-corrected chi connectivity index (χ0v) is 13.5. The van der Waals surface area contributed by atoms with Crippen LogP contribution in [0.4, 0.5) is 0 Å². The van der Waals surface area contributed by atoms with Gasteiger partial charge in [0.25, 0.3) is 0 Å². The van der Waals surface area contributed by atoms with E-state index in [1.54, 1.807) is 5.56 Å². The summed E-state index contributed by atoms with van der Waals surface area (Å²) in [6.45, 7) is 3.81. The Morgan fingerprint density at radius 2 is 1.81 bits per heavy atom. The van der Waals surface area contributed by atoms with Gasteiger partial charge in [0, 0.05) is 0 Å². The van der Waals surface area contributed by atoms with Crippen molar-refractivity contribution >= 4 is 29.9 Å². The molecular weight excluding hydrogens is 326 g/mol. The fourth-order valence-corrected chi connectivity index (χ4v) is 7.03. The van der Waals surface area contributed by atoms with E-state index in [9.17, 15) is 0 Å². The van der Waals surface area contributed by atoms with E-state index in [1.807, 2.05) is 6.08 Å². The molecule has 0 bridgehead atoms. The van der Waals surface area contributed by atoms with Crippen LogP contribution in [0, 0.1) is 0 Å². The zero-order chi connectivity index (χ0) is 11.9. The van der Waals surface area contributed by atoms with Gasteiger partial charge in [0.15, 0.2) is 0 Å². The van der Waals surface area contributed by atoms with Crippen LogP contribution in [0.25, 0.3) is 0 Å². The Morgan fingerprint density at radius 3 is 2.31 bits per heavy atom. The van der Waals surface area contributed by atoms with Crippen molar-refractivity contribution in [1.82, 2.24) is 0 Å². The van der Waals surface area contributed by atoms with Crippen molar-refractivity contribution in [2.75, 3.05) is 0 Å². The molecule has 16 heavy (non-hydrogen) atoms. The van der Waals surface area contributed by atoms with E-state index in [2.05, 4.69) is 48.6 Å². The fourth-order valence-electron chi connectivity index (χ4n) is 1.84.